The number of nitrogens with zero attached hydrogens (tertiary/aromatic N) is 1. The number of hydrogen-bond acceptors (Lipinski definition) is 4. The summed E-state index contributed by atoms with van der Waals surface area (Å²) in [7, 11) is 0. The van der Waals surface area contributed by atoms with E-state index < -0.39 is 22.8 Å². The molecule has 0 aromatic heterocycles. The number of carbonyl (C=O) groups is 2. The molecule has 0 bridgehead atoms. The number of anilines is 1. The lowest BCUT2D eigenvalue weighted by Crippen LogP contribution is -2.47. The second-order valence-electron chi connectivity index (χ2n) is 6.14. The molecule has 7 nitrogen and oxygen atoms in total. The fourth-order valence-corrected chi connectivity index (χ4v) is 2.57. The number of rotatable bonds is 7. The molecule has 0 spiro atoms. The van der Waals surface area contributed by atoms with Crippen molar-refractivity contribution < 1.29 is 14.5 Å². The van der Waals surface area contributed by atoms with Crippen LogP contribution in [0.4, 0.5) is 11.4 Å². The number of nitro benzene ring substituents is 1. The maximum Gasteiger partial charge on any atom is 0.271 e. The molecular weight excluding hydrogens is 370 g/mol. The number of halogens is 1. The Morgan fingerprint density at radius 1 is 1.19 bits per heavy atom. The number of amides is 2. The van der Waals surface area contributed by atoms with Gasteiger partial charge >= 0.3 is 0 Å². The van der Waals surface area contributed by atoms with E-state index in [1.807, 2.05) is 13.8 Å². The monoisotopic (exact) mass is 389 g/mol. The topological polar surface area (TPSA) is 101 Å². The van der Waals surface area contributed by atoms with Gasteiger partial charge < -0.3 is 10.6 Å². The summed E-state index contributed by atoms with van der Waals surface area (Å²) in [5, 5.41) is 16.8. The minimum atomic E-state index is -0.794. The van der Waals surface area contributed by atoms with Crippen molar-refractivity contribution in [2.45, 2.75) is 26.3 Å². The SMILES string of the molecule is CCC(C)C(NC(=O)c1ccc(Cl)cc1)C(=O)Nc1cccc([N+](=O)[O-])c1. The van der Waals surface area contributed by atoms with E-state index in [1.165, 1.54) is 18.2 Å². The van der Waals surface area contributed by atoms with Crippen LogP contribution in [0.3, 0.4) is 0 Å². The Morgan fingerprint density at radius 3 is 2.44 bits per heavy atom. The summed E-state index contributed by atoms with van der Waals surface area (Å²) in [6.07, 6.45) is 0.661. The van der Waals surface area contributed by atoms with Gasteiger partial charge in [0.05, 0.1) is 4.92 Å². The quantitative estimate of drug-likeness (QED) is 0.551. The average Bonchev–Trinajstić information content (AvgIpc) is 2.65. The number of nitrogens with one attached hydrogen (secondary N) is 2. The molecule has 0 radical (unpaired) electrons. The largest absolute Gasteiger partial charge is 0.340 e. The lowest BCUT2D eigenvalue weighted by atomic mass is 9.97. The summed E-state index contributed by atoms with van der Waals surface area (Å²) in [5.41, 5.74) is 0.553. The number of benzene rings is 2. The smallest absolute Gasteiger partial charge is 0.271 e. The van der Waals surface area contributed by atoms with Gasteiger partial charge in [-0.05, 0) is 36.2 Å². The van der Waals surface area contributed by atoms with Crippen LogP contribution in [0.1, 0.15) is 30.6 Å². The van der Waals surface area contributed by atoms with Crippen molar-refractivity contribution in [2.75, 3.05) is 5.32 Å². The number of nitro groups is 1. The second kappa shape index (κ2) is 9.14. The van der Waals surface area contributed by atoms with Crippen LogP contribution in [0.15, 0.2) is 48.5 Å². The van der Waals surface area contributed by atoms with E-state index in [4.69, 9.17) is 11.6 Å². The molecule has 142 valence electrons. The summed E-state index contributed by atoms with van der Waals surface area (Å²) < 4.78 is 0. The standard InChI is InChI=1S/C19H20ClN3O4/c1-3-12(2)17(22-18(24)13-7-9-14(20)10-8-13)19(25)21-15-5-4-6-16(11-15)23(26)27/h4-12,17H,3H2,1-2H3,(H,21,25)(H,22,24). The highest BCUT2D eigenvalue weighted by Gasteiger charge is 2.26. The molecule has 2 atom stereocenters. The van der Waals surface area contributed by atoms with E-state index in [-0.39, 0.29) is 11.6 Å². The van der Waals surface area contributed by atoms with Crippen molar-refractivity contribution in [3.8, 4) is 0 Å². The van der Waals surface area contributed by atoms with Gasteiger partial charge in [0.1, 0.15) is 6.04 Å². The Hall–Kier alpha value is -2.93. The van der Waals surface area contributed by atoms with Gasteiger partial charge in [-0.25, -0.2) is 0 Å². The minimum absolute atomic E-state index is 0.127. The Kier molecular flexibility index (Phi) is 6.90. The minimum Gasteiger partial charge on any atom is -0.340 e. The van der Waals surface area contributed by atoms with Gasteiger partial charge in [0.15, 0.2) is 0 Å². The summed E-state index contributed by atoms with van der Waals surface area (Å²) >= 11 is 5.83. The van der Waals surface area contributed by atoms with Crippen molar-refractivity contribution in [1.29, 1.82) is 0 Å². The normalized spacial score (nSPS) is 12.7. The van der Waals surface area contributed by atoms with Gasteiger partial charge in [-0.3, -0.25) is 19.7 Å². The first-order chi connectivity index (χ1) is 12.8. The third kappa shape index (κ3) is 5.52. The number of carbonyl (C=O) groups excluding carboxylic acids is 2. The predicted molar refractivity (Wildman–Crippen MR) is 104 cm³/mol. The summed E-state index contributed by atoms with van der Waals surface area (Å²) in [6, 6.07) is 11.2. The van der Waals surface area contributed by atoms with E-state index in [0.717, 1.165) is 0 Å². The van der Waals surface area contributed by atoms with Crippen molar-refractivity contribution in [3.05, 3.63) is 69.2 Å². The molecule has 2 amide bonds. The van der Waals surface area contributed by atoms with Gasteiger partial charge in [0.25, 0.3) is 11.6 Å². The number of hydrogen-bond donors (Lipinski definition) is 2. The lowest BCUT2D eigenvalue weighted by molar-refractivity contribution is -0.384. The van der Waals surface area contributed by atoms with Crippen LogP contribution in [0.2, 0.25) is 5.02 Å². The highest BCUT2D eigenvalue weighted by atomic mass is 35.5. The van der Waals surface area contributed by atoms with E-state index >= 15 is 0 Å². The molecule has 0 aliphatic heterocycles. The van der Waals surface area contributed by atoms with Gasteiger partial charge in [0.2, 0.25) is 5.91 Å². The summed E-state index contributed by atoms with van der Waals surface area (Å²) in [5.74, 6) is -0.974. The molecule has 2 N–H and O–H groups in total. The van der Waals surface area contributed by atoms with E-state index in [9.17, 15) is 19.7 Å². The Labute approximate surface area is 161 Å². The molecule has 0 aliphatic carbocycles. The van der Waals surface area contributed by atoms with E-state index in [2.05, 4.69) is 10.6 Å². The fraction of sp³-hybridized carbons (Fsp3) is 0.263. The Morgan fingerprint density at radius 2 is 1.85 bits per heavy atom. The van der Waals surface area contributed by atoms with Crippen molar-refractivity contribution in [1.82, 2.24) is 5.32 Å². The fourth-order valence-electron chi connectivity index (χ4n) is 2.44. The molecule has 2 aromatic carbocycles. The molecule has 0 fully saturated rings. The van der Waals surface area contributed by atoms with Gasteiger partial charge in [-0.15, -0.1) is 0 Å². The Balaban J connectivity index is 2.16. The molecule has 2 aromatic rings. The molecule has 0 aliphatic rings. The lowest BCUT2D eigenvalue weighted by Gasteiger charge is -2.23. The van der Waals surface area contributed by atoms with E-state index in [1.54, 1.807) is 30.3 Å². The van der Waals surface area contributed by atoms with Crippen molar-refractivity contribution in [3.63, 3.8) is 0 Å². The van der Waals surface area contributed by atoms with Crippen molar-refractivity contribution in [2.24, 2.45) is 5.92 Å². The zero-order chi connectivity index (χ0) is 20.0. The third-order valence-corrected chi connectivity index (χ3v) is 4.46. The van der Waals surface area contributed by atoms with Crippen molar-refractivity contribution >= 4 is 34.8 Å². The molecule has 0 heterocycles. The highest BCUT2D eigenvalue weighted by molar-refractivity contribution is 6.30. The molecule has 8 heteroatoms. The molecular formula is C19H20ClN3O4. The van der Waals surface area contributed by atoms with Crippen LogP contribution in [0.25, 0.3) is 0 Å². The first-order valence-electron chi connectivity index (χ1n) is 8.43. The maximum atomic E-state index is 12.7. The Bertz CT molecular complexity index is 839. The van der Waals surface area contributed by atoms with Gasteiger partial charge in [0, 0.05) is 28.4 Å². The third-order valence-electron chi connectivity index (χ3n) is 4.21. The van der Waals surface area contributed by atoms with E-state index in [0.29, 0.717) is 22.7 Å². The molecule has 0 saturated carbocycles. The first-order valence-corrected chi connectivity index (χ1v) is 8.81. The predicted octanol–water partition coefficient (Wildman–Crippen LogP) is 4.03. The molecule has 0 saturated heterocycles. The van der Waals surface area contributed by atoms with Crippen LogP contribution in [0, 0.1) is 16.0 Å². The summed E-state index contributed by atoms with van der Waals surface area (Å²) in [6.45, 7) is 3.76. The zero-order valence-corrected chi connectivity index (χ0v) is 15.7. The van der Waals surface area contributed by atoms with Gasteiger partial charge in [-0.2, -0.15) is 0 Å². The van der Waals surface area contributed by atoms with Crippen LogP contribution in [-0.4, -0.2) is 22.8 Å². The molecule has 2 rings (SSSR count). The zero-order valence-electron chi connectivity index (χ0n) is 14.9. The molecule has 2 unspecified atom stereocenters. The molecule has 27 heavy (non-hydrogen) atoms. The highest BCUT2D eigenvalue weighted by Crippen LogP contribution is 2.19. The van der Waals surface area contributed by atoms with Crippen LogP contribution >= 0.6 is 11.6 Å². The second-order valence-corrected chi connectivity index (χ2v) is 6.58. The van der Waals surface area contributed by atoms with Gasteiger partial charge in [-0.1, -0.05) is 37.9 Å². The first kappa shape index (κ1) is 20.4. The number of non-ortho nitro benzene ring substituents is 1. The summed E-state index contributed by atoms with van der Waals surface area (Å²) in [4.78, 5) is 35.5. The van der Waals surface area contributed by atoms with Crippen LogP contribution < -0.4 is 10.6 Å². The van der Waals surface area contributed by atoms with Crippen LogP contribution in [0.5, 0.6) is 0 Å². The maximum absolute atomic E-state index is 12.7. The van der Waals surface area contributed by atoms with Crippen LogP contribution in [-0.2, 0) is 4.79 Å². The average molecular weight is 390 g/mol.